The molecule has 0 fully saturated rings. The fraction of sp³-hybridized carbons (Fsp3) is 0. The van der Waals surface area contributed by atoms with Crippen LogP contribution in [0.4, 0.5) is 5.82 Å². The van der Waals surface area contributed by atoms with Crippen molar-refractivity contribution in [2.75, 3.05) is 5.43 Å². The quantitative estimate of drug-likeness (QED) is 0.419. The van der Waals surface area contributed by atoms with E-state index in [2.05, 4.69) is 20.7 Å². The molecule has 0 aromatic carbocycles. The molecule has 0 unspecified atom stereocenters. The van der Waals surface area contributed by atoms with Crippen molar-refractivity contribution in [3.8, 4) is 0 Å². The zero-order chi connectivity index (χ0) is 7.68. The third-order valence-electron chi connectivity index (χ3n) is 1.31. The molecule has 11 heavy (non-hydrogen) atoms. The topological polar surface area (TPSA) is 81.1 Å². The summed E-state index contributed by atoms with van der Waals surface area (Å²) in [6.07, 6.45) is 1.51. The molecule has 2 aromatic heterocycles. The lowest BCUT2D eigenvalue weighted by Gasteiger charge is -1.96. The Morgan fingerprint density at radius 1 is 1.45 bits per heavy atom. The summed E-state index contributed by atoms with van der Waals surface area (Å²) in [6.45, 7) is 0. The van der Waals surface area contributed by atoms with Gasteiger partial charge in [0.05, 0.1) is 0 Å². The van der Waals surface area contributed by atoms with Crippen molar-refractivity contribution in [1.82, 2.24) is 19.8 Å². The maximum absolute atomic E-state index is 5.14. The Hall–Kier alpha value is -1.69. The van der Waals surface area contributed by atoms with Gasteiger partial charge in [0.1, 0.15) is 6.33 Å². The van der Waals surface area contributed by atoms with E-state index in [-0.39, 0.29) is 0 Å². The number of aromatic nitrogens is 4. The molecule has 0 aliphatic carbocycles. The maximum Gasteiger partial charge on any atom is 0.177 e. The number of hydrogen-bond acceptors (Lipinski definition) is 5. The zero-order valence-electron chi connectivity index (χ0n) is 5.60. The van der Waals surface area contributed by atoms with Gasteiger partial charge in [-0.1, -0.05) is 0 Å². The van der Waals surface area contributed by atoms with E-state index < -0.39 is 0 Å². The first-order valence-electron chi connectivity index (χ1n) is 3.04. The highest BCUT2D eigenvalue weighted by molar-refractivity contribution is 5.41. The van der Waals surface area contributed by atoms with Gasteiger partial charge in [-0.3, -0.25) is 0 Å². The Balaban J connectivity index is 2.67. The number of hydrogen-bond donors (Lipinski definition) is 2. The largest absolute Gasteiger partial charge is 0.307 e. The van der Waals surface area contributed by atoms with Crippen LogP contribution >= 0.6 is 0 Å². The molecule has 0 saturated carbocycles. The van der Waals surface area contributed by atoms with Crippen molar-refractivity contribution in [2.24, 2.45) is 5.84 Å². The van der Waals surface area contributed by atoms with Crippen molar-refractivity contribution in [3.63, 3.8) is 0 Å². The number of nitrogens with zero attached hydrogens (tertiary/aromatic N) is 4. The smallest absolute Gasteiger partial charge is 0.177 e. The van der Waals surface area contributed by atoms with Gasteiger partial charge in [0, 0.05) is 0 Å². The third-order valence-corrected chi connectivity index (χ3v) is 1.31. The van der Waals surface area contributed by atoms with Crippen LogP contribution in [0.2, 0.25) is 0 Å². The zero-order valence-corrected chi connectivity index (χ0v) is 5.60. The van der Waals surface area contributed by atoms with E-state index in [0.29, 0.717) is 11.5 Å². The second-order valence-corrected chi connectivity index (χ2v) is 2.00. The summed E-state index contributed by atoms with van der Waals surface area (Å²) in [6, 6.07) is 3.50. The van der Waals surface area contributed by atoms with Crippen LogP contribution in [0.15, 0.2) is 18.5 Å². The van der Waals surface area contributed by atoms with E-state index in [9.17, 15) is 0 Å². The predicted octanol–water partition coefficient (Wildman–Crippen LogP) is -0.590. The second kappa shape index (κ2) is 2.17. The molecule has 0 amide bonds. The van der Waals surface area contributed by atoms with E-state index in [1.165, 1.54) is 10.8 Å². The van der Waals surface area contributed by atoms with Crippen molar-refractivity contribution in [2.45, 2.75) is 0 Å². The second-order valence-electron chi connectivity index (χ2n) is 2.00. The van der Waals surface area contributed by atoms with Gasteiger partial charge in [-0.05, 0) is 12.1 Å². The molecule has 2 aromatic rings. The first-order valence-corrected chi connectivity index (χ1v) is 3.04. The Bertz CT molecular complexity index is 366. The highest BCUT2D eigenvalue weighted by Gasteiger charge is 1.95. The van der Waals surface area contributed by atoms with Crippen molar-refractivity contribution in [3.05, 3.63) is 18.5 Å². The van der Waals surface area contributed by atoms with Gasteiger partial charge in [0.2, 0.25) is 0 Å². The first kappa shape index (κ1) is 6.05. The lowest BCUT2D eigenvalue weighted by Crippen LogP contribution is -2.09. The number of fused-ring (bicyclic) bond motifs is 1. The summed E-state index contributed by atoms with van der Waals surface area (Å²) < 4.78 is 1.54. The molecule has 3 N–H and O–H groups in total. The highest BCUT2D eigenvalue weighted by Crippen LogP contribution is 2.01. The van der Waals surface area contributed by atoms with E-state index in [0.717, 1.165) is 0 Å². The van der Waals surface area contributed by atoms with Crippen molar-refractivity contribution in [1.29, 1.82) is 0 Å². The average molecular weight is 150 g/mol. The standard InChI is InChI=1S/C5H6N6/c6-8-4-1-2-5-9-7-3-11(5)10-4/h1-3H,6H2,(H,8,10). The molecular formula is C5H6N6. The highest BCUT2D eigenvalue weighted by atomic mass is 15.4. The Labute approximate surface area is 62.0 Å². The molecule has 6 heteroatoms. The van der Waals surface area contributed by atoms with E-state index in [1.54, 1.807) is 12.1 Å². The summed E-state index contributed by atoms with van der Waals surface area (Å²) in [5.41, 5.74) is 3.12. The number of hydrazine groups is 1. The van der Waals surface area contributed by atoms with Crippen molar-refractivity contribution < 1.29 is 0 Å². The molecule has 0 aliphatic rings. The number of nitrogen functional groups attached to an aromatic ring is 1. The Kier molecular flexibility index (Phi) is 1.19. The minimum Gasteiger partial charge on any atom is -0.307 e. The third kappa shape index (κ3) is 0.887. The number of nitrogens with one attached hydrogen (secondary N) is 1. The lowest BCUT2D eigenvalue weighted by molar-refractivity contribution is 0.924. The maximum atomic E-state index is 5.14. The predicted molar refractivity (Wildman–Crippen MR) is 38.6 cm³/mol. The normalized spacial score (nSPS) is 10.3. The van der Waals surface area contributed by atoms with E-state index >= 15 is 0 Å². The van der Waals surface area contributed by atoms with Gasteiger partial charge >= 0.3 is 0 Å². The summed E-state index contributed by atoms with van der Waals surface area (Å²) in [4.78, 5) is 0. The van der Waals surface area contributed by atoms with Gasteiger partial charge in [-0.25, -0.2) is 5.84 Å². The molecule has 0 aliphatic heterocycles. The van der Waals surface area contributed by atoms with Crippen LogP contribution in [0.5, 0.6) is 0 Å². The van der Waals surface area contributed by atoms with Gasteiger partial charge in [0.15, 0.2) is 11.5 Å². The van der Waals surface area contributed by atoms with Gasteiger partial charge in [-0.15, -0.1) is 15.3 Å². The van der Waals surface area contributed by atoms with Crippen LogP contribution in [-0.4, -0.2) is 19.8 Å². The SMILES string of the molecule is NNc1ccc2nncn2n1. The van der Waals surface area contributed by atoms with Crippen LogP contribution in [0.1, 0.15) is 0 Å². The molecule has 0 bridgehead atoms. The first-order chi connectivity index (χ1) is 5.40. The summed E-state index contributed by atoms with van der Waals surface area (Å²) >= 11 is 0. The molecule has 0 saturated heterocycles. The van der Waals surface area contributed by atoms with Crippen LogP contribution in [0, 0.1) is 0 Å². The molecule has 2 heterocycles. The Morgan fingerprint density at radius 2 is 2.36 bits per heavy atom. The monoisotopic (exact) mass is 150 g/mol. The molecule has 56 valence electrons. The van der Waals surface area contributed by atoms with Gasteiger partial charge in [0.25, 0.3) is 0 Å². The Morgan fingerprint density at radius 3 is 3.18 bits per heavy atom. The average Bonchev–Trinajstić information content (AvgIpc) is 2.50. The molecule has 0 radical (unpaired) electrons. The van der Waals surface area contributed by atoms with Gasteiger partial charge < -0.3 is 5.43 Å². The van der Waals surface area contributed by atoms with E-state index in [4.69, 9.17) is 5.84 Å². The van der Waals surface area contributed by atoms with Crippen LogP contribution in [0.25, 0.3) is 5.65 Å². The van der Waals surface area contributed by atoms with Crippen molar-refractivity contribution >= 4 is 11.5 Å². The number of anilines is 1. The summed E-state index contributed by atoms with van der Waals surface area (Å²) in [5, 5.41) is 11.4. The number of nitrogens with two attached hydrogens (primary N) is 1. The van der Waals surface area contributed by atoms with Crippen LogP contribution < -0.4 is 11.3 Å². The molecule has 0 spiro atoms. The molecule has 6 nitrogen and oxygen atoms in total. The summed E-state index contributed by atoms with van der Waals surface area (Å²) in [7, 11) is 0. The molecule has 2 rings (SSSR count). The van der Waals surface area contributed by atoms with Crippen LogP contribution in [0.3, 0.4) is 0 Å². The minimum atomic E-state index is 0.581. The number of rotatable bonds is 1. The van der Waals surface area contributed by atoms with Crippen LogP contribution in [-0.2, 0) is 0 Å². The molecule has 0 atom stereocenters. The van der Waals surface area contributed by atoms with Gasteiger partial charge in [-0.2, -0.15) is 4.52 Å². The van der Waals surface area contributed by atoms with E-state index in [1.807, 2.05) is 0 Å². The fourth-order valence-corrected chi connectivity index (χ4v) is 0.805. The molecular weight excluding hydrogens is 144 g/mol. The fourth-order valence-electron chi connectivity index (χ4n) is 0.805. The minimum absolute atomic E-state index is 0.581. The summed E-state index contributed by atoms with van der Waals surface area (Å²) in [5.74, 6) is 5.72. The lowest BCUT2D eigenvalue weighted by atomic mass is 10.5.